The molecule has 208 valence electrons. The highest BCUT2D eigenvalue weighted by molar-refractivity contribution is 6.30. The van der Waals surface area contributed by atoms with Crippen LogP contribution in [0.3, 0.4) is 0 Å². The Labute approximate surface area is 234 Å². The number of carbonyl (C=O) groups is 1. The smallest absolute Gasteiger partial charge is 0.275 e. The van der Waals surface area contributed by atoms with Crippen LogP contribution in [-0.4, -0.2) is 45.1 Å². The van der Waals surface area contributed by atoms with E-state index < -0.39 is 11.5 Å². The highest BCUT2D eigenvalue weighted by Crippen LogP contribution is 2.46. The van der Waals surface area contributed by atoms with E-state index in [1.807, 2.05) is 18.2 Å². The van der Waals surface area contributed by atoms with Crippen LogP contribution in [0.15, 0.2) is 36.4 Å². The fourth-order valence-electron chi connectivity index (χ4n) is 6.31. The molecular weight excluding hydrogens is 514 g/mol. The normalized spacial score (nSPS) is 23.0. The third-order valence-electron chi connectivity index (χ3n) is 8.91. The third kappa shape index (κ3) is 5.91. The van der Waals surface area contributed by atoms with Gasteiger partial charge < -0.3 is 20.3 Å². The molecule has 5 rings (SSSR count). The maximum absolute atomic E-state index is 13.1. The Bertz CT molecular complexity index is 1330. The number of amides is 1. The van der Waals surface area contributed by atoms with Crippen LogP contribution in [0.25, 0.3) is 10.9 Å². The standard InChI is InChI=1S/C31H38ClN3O4/c1-19-5-3-4-12-31(19,38)20(2)25-16-23(15-21-10-13-39-14-11-21)17-26-27(25)34-35-28(29(26)36)30(37)33-18-22-6-8-24(32)9-7-22/h6-9,16-17,19-21,38H,3-5,10-15,18H2,1-2H3,(H,33,37)(H,34,36)/t19-,20?,31-/m1/s1. The van der Waals surface area contributed by atoms with Crippen molar-refractivity contribution in [3.05, 3.63) is 63.8 Å². The monoisotopic (exact) mass is 551 g/mol. The minimum Gasteiger partial charge on any atom is -0.505 e. The molecule has 1 saturated carbocycles. The van der Waals surface area contributed by atoms with E-state index in [0.717, 1.165) is 74.8 Å². The first-order valence-corrected chi connectivity index (χ1v) is 14.5. The molecule has 0 radical (unpaired) electrons. The molecule has 1 aliphatic carbocycles. The number of nitrogens with one attached hydrogen (secondary N) is 1. The van der Waals surface area contributed by atoms with E-state index >= 15 is 0 Å². The van der Waals surface area contributed by atoms with E-state index in [1.165, 1.54) is 0 Å². The maximum atomic E-state index is 13.1. The van der Waals surface area contributed by atoms with Crippen molar-refractivity contribution in [3.63, 3.8) is 0 Å². The Kier molecular flexibility index (Phi) is 8.40. The molecule has 2 fully saturated rings. The summed E-state index contributed by atoms with van der Waals surface area (Å²) in [6, 6.07) is 11.3. The molecule has 1 amide bonds. The molecule has 3 aromatic rings. The summed E-state index contributed by atoms with van der Waals surface area (Å²) in [5.41, 5.74) is 2.39. The Morgan fingerprint density at radius 3 is 2.59 bits per heavy atom. The lowest BCUT2D eigenvalue weighted by molar-refractivity contribution is -0.0595. The van der Waals surface area contributed by atoms with Gasteiger partial charge in [0.25, 0.3) is 5.91 Å². The summed E-state index contributed by atoms with van der Waals surface area (Å²) in [5, 5.41) is 35.8. The van der Waals surface area contributed by atoms with Crippen LogP contribution in [0.5, 0.6) is 5.75 Å². The number of halogens is 1. The van der Waals surface area contributed by atoms with E-state index in [9.17, 15) is 15.0 Å². The van der Waals surface area contributed by atoms with Crippen molar-refractivity contribution in [1.82, 2.24) is 15.5 Å². The quantitative estimate of drug-likeness (QED) is 0.336. The summed E-state index contributed by atoms with van der Waals surface area (Å²) in [6.07, 6.45) is 6.63. The summed E-state index contributed by atoms with van der Waals surface area (Å²) in [4.78, 5) is 13.1. The number of carbonyl (C=O) groups excluding carboxylic acids is 1. The molecule has 7 nitrogen and oxygen atoms in total. The Morgan fingerprint density at radius 2 is 1.87 bits per heavy atom. The van der Waals surface area contributed by atoms with Crippen LogP contribution in [0.1, 0.15) is 85.5 Å². The molecule has 3 atom stereocenters. The van der Waals surface area contributed by atoms with Gasteiger partial charge in [-0.2, -0.15) is 0 Å². The predicted octanol–water partition coefficient (Wildman–Crippen LogP) is 5.93. The van der Waals surface area contributed by atoms with Crippen molar-refractivity contribution in [3.8, 4) is 5.75 Å². The lowest BCUT2D eigenvalue weighted by atomic mass is 9.67. The summed E-state index contributed by atoms with van der Waals surface area (Å²) in [5.74, 6) is -0.256. The van der Waals surface area contributed by atoms with Gasteiger partial charge >= 0.3 is 0 Å². The molecular formula is C31H38ClN3O4. The first-order valence-electron chi connectivity index (χ1n) is 14.1. The Morgan fingerprint density at radius 1 is 1.13 bits per heavy atom. The lowest BCUT2D eigenvalue weighted by Gasteiger charge is -2.43. The largest absolute Gasteiger partial charge is 0.505 e. The zero-order chi connectivity index (χ0) is 27.6. The summed E-state index contributed by atoms with van der Waals surface area (Å²) < 4.78 is 5.55. The molecule has 8 heteroatoms. The topological polar surface area (TPSA) is 105 Å². The summed E-state index contributed by atoms with van der Waals surface area (Å²) in [6.45, 7) is 5.96. The van der Waals surface area contributed by atoms with Crippen LogP contribution >= 0.6 is 11.6 Å². The van der Waals surface area contributed by atoms with Gasteiger partial charge in [-0.3, -0.25) is 4.79 Å². The minimum absolute atomic E-state index is 0.108. The second-order valence-corrected chi connectivity index (χ2v) is 11.8. The van der Waals surface area contributed by atoms with E-state index in [-0.39, 0.29) is 29.8 Å². The molecule has 3 N–H and O–H groups in total. The van der Waals surface area contributed by atoms with Crippen molar-refractivity contribution in [2.75, 3.05) is 13.2 Å². The van der Waals surface area contributed by atoms with Gasteiger partial charge in [0, 0.05) is 36.1 Å². The number of hydrogen-bond acceptors (Lipinski definition) is 6. The summed E-state index contributed by atoms with van der Waals surface area (Å²) in [7, 11) is 0. The van der Waals surface area contributed by atoms with Crippen molar-refractivity contribution in [1.29, 1.82) is 0 Å². The number of aliphatic hydroxyl groups is 1. The molecule has 2 aliphatic rings. The molecule has 2 heterocycles. The number of fused-ring (bicyclic) bond motifs is 1. The van der Waals surface area contributed by atoms with Crippen molar-refractivity contribution >= 4 is 28.4 Å². The van der Waals surface area contributed by atoms with Gasteiger partial charge in [0.2, 0.25) is 0 Å². The molecule has 0 bridgehead atoms. The van der Waals surface area contributed by atoms with Crippen LogP contribution in [-0.2, 0) is 17.7 Å². The van der Waals surface area contributed by atoms with Gasteiger partial charge in [-0.15, -0.1) is 10.2 Å². The molecule has 1 aromatic heterocycles. The Balaban J connectivity index is 1.51. The average molecular weight is 552 g/mol. The predicted molar refractivity (Wildman–Crippen MR) is 152 cm³/mol. The first kappa shape index (κ1) is 27.8. The van der Waals surface area contributed by atoms with E-state index in [1.54, 1.807) is 12.1 Å². The van der Waals surface area contributed by atoms with Crippen LogP contribution < -0.4 is 5.32 Å². The second kappa shape index (κ2) is 11.8. The highest BCUT2D eigenvalue weighted by Gasteiger charge is 2.42. The van der Waals surface area contributed by atoms with E-state index in [2.05, 4.69) is 35.4 Å². The average Bonchev–Trinajstić information content (AvgIpc) is 2.94. The number of ether oxygens (including phenoxy) is 1. The number of hydrogen-bond donors (Lipinski definition) is 3. The zero-order valence-electron chi connectivity index (χ0n) is 22.8. The van der Waals surface area contributed by atoms with Gasteiger partial charge in [0.15, 0.2) is 11.4 Å². The molecule has 2 aromatic carbocycles. The maximum Gasteiger partial charge on any atom is 0.275 e. The fraction of sp³-hybridized carbons (Fsp3) is 0.516. The van der Waals surface area contributed by atoms with E-state index in [4.69, 9.17) is 16.3 Å². The first-order chi connectivity index (χ1) is 18.8. The number of benzene rings is 2. The van der Waals surface area contributed by atoms with Gasteiger partial charge in [-0.25, -0.2) is 0 Å². The molecule has 0 spiro atoms. The zero-order valence-corrected chi connectivity index (χ0v) is 23.5. The molecule has 1 saturated heterocycles. The van der Waals surface area contributed by atoms with Crippen molar-refractivity contribution in [2.45, 2.75) is 76.9 Å². The third-order valence-corrected chi connectivity index (χ3v) is 9.16. The summed E-state index contributed by atoms with van der Waals surface area (Å²) >= 11 is 5.96. The van der Waals surface area contributed by atoms with Crippen LogP contribution in [0.4, 0.5) is 0 Å². The minimum atomic E-state index is -0.867. The number of rotatable bonds is 7. The van der Waals surface area contributed by atoms with Gasteiger partial charge in [-0.05, 0) is 78.8 Å². The Hall–Kier alpha value is -2.74. The molecule has 1 unspecified atom stereocenters. The van der Waals surface area contributed by atoms with Crippen LogP contribution in [0.2, 0.25) is 5.02 Å². The fourth-order valence-corrected chi connectivity index (χ4v) is 6.43. The second-order valence-electron chi connectivity index (χ2n) is 11.4. The highest BCUT2D eigenvalue weighted by atomic mass is 35.5. The van der Waals surface area contributed by atoms with Gasteiger partial charge in [-0.1, -0.05) is 56.5 Å². The SMILES string of the molecule is CC(c1cc(CC2CCOCC2)cc2c(O)c(C(=O)NCc3ccc(Cl)cc3)nnc12)[C@@]1(O)CCCC[C@H]1C. The van der Waals surface area contributed by atoms with Gasteiger partial charge in [0.05, 0.1) is 5.60 Å². The molecule has 39 heavy (non-hydrogen) atoms. The van der Waals surface area contributed by atoms with Crippen molar-refractivity contribution in [2.24, 2.45) is 11.8 Å². The number of aromatic nitrogens is 2. The van der Waals surface area contributed by atoms with Crippen LogP contribution in [0, 0.1) is 11.8 Å². The number of aromatic hydroxyl groups is 1. The molecule has 1 aliphatic heterocycles. The van der Waals surface area contributed by atoms with E-state index in [0.29, 0.717) is 21.8 Å². The van der Waals surface area contributed by atoms with Crippen molar-refractivity contribution < 1.29 is 19.7 Å². The number of nitrogens with zero attached hydrogens (tertiary/aromatic N) is 2. The van der Waals surface area contributed by atoms with Gasteiger partial charge in [0.1, 0.15) is 5.52 Å². The lowest BCUT2D eigenvalue weighted by Crippen LogP contribution is -2.44.